The molecule has 0 atom stereocenters. The lowest BCUT2D eigenvalue weighted by atomic mass is 10.1. The van der Waals surface area contributed by atoms with Crippen molar-refractivity contribution >= 4 is 17.0 Å². The van der Waals surface area contributed by atoms with E-state index in [0.717, 1.165) is 13.1 Å². The molecule has 0 aliphatic carbocycles. The molecule has 0 saturated carbocycles. The first-order valence-corrected chi connectivity index (χ1v) is 3.38. The minimum absolute atomic E-state index is 0. The average Bonchev–Trinajstić information content (AvgIpc) is 2.33. The molecule has 0 aromatic heterocycles. The van der Waals surface area contributed by atoms with Crippen LogP contribution in [0.15, 0.2) is 18.2 Å². The van der Waals surface area contributed by atoms with Gasteiger partial charge in [-0.3, -0.25) is 0 Å². The molecular weight excluding hydrogens is 206 g/mol. The Morgan fingerprint density at radius 1 is 1.18 bits per heavy atom. The van der Waals surface area contributed by atoms with Crippen molar-refractivity contribution in [1.82, 2.24) is 5.32 Å². The van der Waals surface area contributed by atoms with Gasteiger partial charge in [0, 0.05) is 13.1 Å². The normalized spacial score (nSPS) is 13.8. The quantitative estimate of drug-likeness (QED) is 0.689. The van der Waals surface area contributed by atoms with Gasteiger partial charge in [-0.1, -0.05) is 6.07 Å². The second-order valence-electron chi connectivity index (χ2n) is 2.56. The molecular formula is C8H10BrNO. The maximum atomic E-state index is 9.07. The third kappa shape index (κ3) is 1.54. The first kappa shape index (κ1) is 8.56. The maximum Gasteiger partial charge on any atom is 0.115 e. The molecule has 3 heteroatoms. The first-order valence-electron chi connectivity index (χ1n) is 3.38. The van der Waals surface area contributed by atoms with E-state index in [1.165, 1.54) is 11.1 Å². The number of phenolic OH excluding ortho intramolecular Hbond substituents is 1. The number of fused-ring (bicyclic) bond motifs is 1. The van der Waals surface area contributed by atoms with Crippen molar-refractivity contribution in [2.24, 2.45) is 0 Å². The molecule has 0 unspecified atom stereocenters. The van der Waals surface area contributed by atoms with Gasteiger partial charge in [0.05, 0.1) is 0 Å². The van der Waals surface area contributed by atoms with E-state index in [2.05, 4.69) is 5.32 Å². The monoisotopic (exact) mass is 215 g/mol. The number of halogens is 1. The lowest BCUT2D eigenvalue weighted by Gasteiger charge is -1.96. The largest absolute Gasteiger partial charge is 0.508 e. The molecule has 2 nitrogen and oxygen atoms in total. The highest BCUT2D eigenvalue weighted by molar-refractivity contribution is 8.93. The molecule has 11 heavy (non-hydrogen) atoms. The summed E-state index contributed by atoms with van der Waals surface area (Å²) in [7, 11) is 0. The Morgan fingerprint density at radius 3 is 2.73 bits per heavy atom. The number of hydrogen-bond donors (Lipinski definition) is 2. The third-order valence-electron chi connectivity index (χ3n) is 1.82. The minimum atomic E-state index is 0. The summed E-state index contributed by atoms with van der Waals surface area (Å²) < 4.78 is 0. The highest BCUT2D eigenvalue weighted by Gasteiger charge is 2.08. The fourth-order valence-electron chi connectivity index (χ4n) is 1.28. The fourth-order valence-corrected chi connectivity index (χ4v) is 1.28. The Hall–Kier alpha value is -0.540. The zero-order chi connectivity index (χ0) is 6.97. The Labute approximate surface area is 76.0 Å². The number of rotatable bonds is 0. The number of benzene rings is 1. The number of phenols is 1. The van der Waals surface area contributed by atoms with Crippen LogP contribution in [0.25, 0.3) is 0 Å². The van der Waals surface area contributed by atoms with Crippen LogP contribution in [-0.2, 0) is 13.1 Å². The van der Waals surface area contributed by atoms with Gasteiger partial charge in [-0.05, 0) is 23.3 Å². The lowest BCUT2D eigenvalue weighted by molar-refractivity contribution is 0.474. The molecule has 1 heterocycles. The lowest BCUT2D eigenvalue weighted by Crippen LogP contribution is -1.99. The van der Waals surface area contributed by atoms with Crippen molar-refractivity contribution in [3.8, 4) is 5.75 Å². The number of hydrogen-bond acceptors (Lipinski definition) is 2. The van der Waals surface area contributed by atoms with Crippen LogP contribution in [0.4, 0.5) is 0 Å². The molecule has 1 aliphatic heterocycles. The van der Waals surface area contributed by atoms with E-state index in [9.17, 15) is 0 Å². The van der Waals surface area contributed by atoms with Crippen LogP contribution in [0.2, 0.25) is 0 Å². The van der Waals surface area contributed by atoms with Crippen LogP contribution in [0.1, 0.15) is 11.1 Å². The molecule has 0 radical (unpaired) electrons. The second kappa shape index (κ2) is 3.24. The number of nitrogens with one attached hydrogen (secondary N) is 1. The first-order chi connectivity index (χ1) is 4.86. The highest BCUT2D eigenvalue weighted by atomic mass is 79.9. The molecule has 1 aromatic rings. The fraction of sp³-hybridized carbons (Fsp3) is 0.250. The smallest absolute Gasteiger partial charge is 0.115 e. The summed E-state index contributed by atoms with van der Waals surface area (Å²) in [5.74, 6) is 0.363. The van der Waals surface area contributed by atoms with E-state index in [1.54, 1.807) is 6.07 Å². The van der Waals surface area contributed by atoms with Crippen LogP contribution in [0.5, 0.6) is 5.75 Å². The minimum Gasteiger partial charge on any atom is -0.508 e. The molecule has 2 N–H and O–H groups in total. The SMILES string of the molecule is Br.Oc1ccc2c(c1)CNC2. The van der Waals surface area contributed by atoms with Gasteiger partial charge in [0.15, 0.2) is 0 Å². The van der Waals surface area contributed by atoms with Crippen molar-refractivity contribution < 1.29 is 5.11 Å². The molecule has 0 bridgehead atoms. The van der Waals surface area contributed by atoms with Crippen molar-refractivity contribution in [2.45, 2.75) is 13.1 Å². The molecule has 1 aliphatic rings. The van der Waals surface area contributed by atoms with Gasteiger partial charge in [-0.2, -0.15) is 0 Å². The summed E-state index contributed by atoms with van der Waals surface area (Å²) in [6.45, 7) is 1.83. The van der Waals surface area contributed by atoms with E-state index in [-0.39, 0.29) is 17.0 Å². The van der Waals surface area contributed by atoms with Crippen LogP contribution >= 0.6 is 17.0 Å². The molecule has 0 saturated heterocycles. The van der Waals surface area contributed by atoms with Crippen LogP contribution in [-0.4, -0.2) is 5.11 Å². The van der Waals surface area contributed by atoms with Crippen molar-refractivity contribution in [3.63, 3.8) is 0 Å². The van der Waals surface area contributed by atoms with E-state index >= 15 is 0 Å². The zero-order valence-corrected chi connectivity index (χ0v) is 7.71. The predicted molar refractivity (Wildman–Crippen MR) is 49.0 cm³/mol. The van der Waals surface area contributed by atoms with E-state index < -0.39 is 0 Å². The van der Waals surface area contributed by atoms with Crippen molar-refractivity contribution in [3.05, 3.63) is 29.3 Å². The van der Waals surface area contributed by atoms with Gasteiger partial charge in [0.1, 0.15) is 5.75 Å². The van der Waals surface area contributed by atoms with E-state index in [4.69, 9.17) is 5.11 Å². The van der Waals surface area contributed by atoms with Gasteiger partial charge in [0.25, 0.3) is 0 Å². The van der Waals surface area contributed by atoms with Gasteiger partial charge in [-0.25, -0.2) is 0 Å². The molecule has 0 amide bonds. The van der Waals surface area contributed by atoms with Crippen molar-refractivity contribution in [2.75, 3.05) is 0 Å². The summed E-state index contributed by atoms with van der Waals surface area (Å²) >= 11 is 0. The highest BCUT2D eigenvalue weighted by Crippen LogP contribution is 2.19. The number of aromatic hydroxyl groups is 1. The van der Waals surface area contributed by atoms with Gasteiger partial charge < -0.3 is 10.4 Å². The van der Waals surface area contributed by atoms with Gasteiger partial charge in [0.2, 0.25) is 0 Å². The van der Waals surface area contributed by atoms with Crippen LogP contribution in [0.3, 0.4) is 0 Å². The molecule has 0 fully saturated rings. The Bertz CT molecular complexity index is 262. The molecule has 1 aromatic carbocycles. The maximum absolute atomic E-state index is 9.07. The predicted octanol–water partition coefficient (Wildman–Crippen LogP) is 1.57. The standard InChI is InChI=1S/C8H9NO.BrH/c10-8-2-1-6-4-9-5-7(6)3-8;/h1-3,9-10H,4-5H2;1H. The summed E-state index contributed by atoms with van der Waals surface area (Å²) in [5.41, 5.74) is 2.53. The molecule has 2 rings (SSSR count). The Balaban J connectivity index is 0.000000605. The van der Waals surface area contributed by atoms with E-state index in [1.807, 2.05) is 12.1 Å². The second-order valence-corrected chi connectivity index (χ2v) is 2.56. The summed E-state index contributed by atoms with van der Waals surface area (Å²) in [6.07, 6.45) is 0. The van der Waals surface area contributed by atoms with Gasteiger partial charge >= 0.3 is 0 Å². The Kier molecular flexibility index (Phi) is 2.52. The van der Waals surface area contributed by atoms with Gasteiger partial charge in [-0.15, -0.1) is 17.0 Å². The summed E-state index contributed by atoms with van der Waals surface area (Å²) in [4.78, 5) is 0. The van der Waals surface area contributed by atoms with Crippen LogP contribution < -0.4 is 5.32 Å². The van der Waals surface area contributed by atoms with E-state index in [0.29, 0.717) is 5.75 Å². The Morgan fingerprint density at radius 2 is 1.91 bits per heavy atom. The third-order valence-corrected chi connectivity index (χ3v) is 1.82. The zero-order valence-electron chi connectivity index (χ0n) is 6.00. The summed E-state index contributed by atoms with van der Waals surface area (Å²) in [6, 6.07) is 5.51. The van der Waals surface area contributed by atoms with Crippen molar-refractivity contribution in [1.29, 1.82) is 0 Å². The molecule has 60 valence electrons. The molecule has 0 spiro atoms. The average molecular weight is 216 g/mol. The summed E-state index contributed by atoms with van der Waals surface area (Å²) in [5, 5.41) is 12.3. The van der Waals surface area contributed by atoms with Crippen LogP contribution in [0, 0.1) is 0 Å². The topological polar surface area (TPSA) is 32.3 Å².